The number of pyridine rings is 1. The lowest BCUT2D eigenvalue weighted by molar-refractivity contribution is -0.131. The number of ether oxygens (including phenoxy) is 1. The van der Waals surface area contributed by atoms with E-state index in [2.05, 4.69) is 9.98 Å². The summed E-state index contributed by atoms with van der Waals surface area (Å²) >= 11 is 0. The van der Waals surface area contributed by atoms with Crippen molar-refractivity contribution in [2.45, 2.75) is 18.9 Å². The first-order valence-corrected chi connectivity index (χ1v) is 7.67. The Kier molecular flexibility index (Phi) is 3.25. The summed E-state index contributed by atoms with van der Waals surface area (Å²) in [6, 6.07) is 11.4. The molecule has 0 bridgehead atoms. The van der Waals surface area contributed by atoms with Crippen LogP contribution >= 0.6 is 0 Å². The van der Waals surface area contributed by atoms with Crippen LogP contribution in [0.2, 0.25) is 0 Å². The second kappa shape index (κ2) is 5.40. The molecule has 5 nitrogen and oxygen atoms in total. The molecule has 0 N–H and O–H groups in total. The number of benzene rings is 1. The summed E-state index contributed by atoms with van der Waals surface area (Å²) < 4.78 is 5.62. The van der Waals surface area contributed by atoms with Gasteiger partial charge < -0.3 is 9.64 Å². The van der Waals surface area contributed by atoms with Gasteiger partial charge in [0, 0.05) is 18.5 Å². The third-order valence-corrected chi connectivity index (χ3v) is 4.17. The molecule has 3 heterocycles. The van der Waals surface area contributed by atoms with Gasteiger partial charge in [0.25, 0.3) is 5.91 Å². The molecular formula is C17H17N3O2. The molecule has 1 aromatic carbocycles. The first-order valence-electron chi connectivity index (χ1n) is 7.67. The average molecular weight is 295 g/mol. The Bertz CT molecular complexity index is 750. The fraction of sp³-hybridized carbons (Fsp3) is 0.353. The standard InChI is InChI=1S/C17H17N3O2/c21-17(20-9-3-4-10-20)15-11-22-16(19-15)14-8-7-12-5-1-2-6-13(12)18-14/h1-2,5-8,15H,3-4,9-11H2. The SMILES string of the molecule is O=C(C1COC(c2ccc3ccccc3n2)=N1)N1CCCC1. The first-order chi connectivity index (χ1) is 10.8. The van der Waals surface area contributed by atoms with Crippen molar-refractivity contribution in [3.05, 3.63) is 42.1 Å². The zero-order valence-electron chi connectivity index (χ0n) is 12.2. The maximum Gasteiger partial charge on any atom is 0.251 e. The van der Waals surface area contributed by atoms with E-state index in [-0.39, 0.29) is 5.91 Å². The van der Waals surface area contributed by atoms with Crippen molar-refractivity contribution < 1.29 is 9.53 Å². The summed E-state index contributed by atoms with van der Waals surface area (Å²) in [6.45, 7) is 2.00. The Morgan fingerprint density at radius 3 is 2.82 bits per heavy atom. The summed E-state index contributed by atoms with van der Waals surface area (Å²) in [5.74, 6) is 0.552. The molecule has 0 saturated carbocycles. The van der Waals surface area contributed by atoms with Gasteiger partial charge in [-0.05, 0) is 25.0 Å². The summed E-state index contributed by atoms with van der Waals surface area (Å²) in [7, 11) is 0. The summed E-state index contributed by atoms with van der Waals surface area (Å²) in [5.41, 5.74) is 1.59. The minimum Gasteiger partial charge on any atom is -0.474 e. The molecule has 22 heavy (non-hydrogen) atoms. The first kappa shape index (κ1) is 13.2. The van der Waals surface area contributed by atoms with Gasteiger partial charge in [0.15, 0.2) is 6.04 Å². The van der Waals surface area contributed by atoms with Crippen LogP contribution in [0.3, 0.4) is 0 Å². The predicted octanol–water partition coefficient (Wildman–Crippen LogP) is 2.00. The maximum absolute atomic E-state index is 12.4. The minimum atomic E-state index is -0.415. The number of hydrogen-bond donors (Lipinski definition) is 0. The highest BCUT2D eigenvalue weighted by atomic mass is 16.5. The summed E-state index contributed by atoms with van der Waals surface area (Å²) in [6.07, 6.45) is 2.17. The van der Waals surface area contributed by atoms with Gasteiger partial charge in [-0.25, -0.2) is 9.98 Å². The van der Waals surface area contributed by atoms with E-state index in [1.807, 2.05) is 41.3 Å². The number of rotatable bonds is 2. The molecule has 2 aromatic rings. The Labute approximate surface area is 128 Å². The van der Waals surface area contributed by atoms with Gasteiger partial charge in [-0.1, -0.05) is 24.3 Å². The molecule has 0 radical (unpaired) electrons. The van der Waals surface area contributed by atoms with E-state index in [1.54, 1.807) is 0 Å². The lowest BCUT2D eigenvalue weighted by Crippen LogP contribution is -2.36. The van der Waals surface area contributed by atoms with Crippen molar-refractivity contribution in [3.63, 3.8) is 0 Å². The fourth-order valence-corrected chi connectivity index (χ4v) is 2.97. The Balaban J connectivity index is 1.59. The van der Waals surface area contributed by atoms with Crippen LogP contribution in [0.5, 0.6) is 0 Å². The number of hydrogen-bond acceptors (Lipinski definition) is 4. The van der Waals surface area contributed by atoms with Crippen LogP contribution in [0.1, 0.15) is 18.5 Å². The van der Waals surface area contributed by atoms with Crippen molar-refractivity contribution in [2.75, 3.05) is 19.7 Å². The van der Waals surface area contributed by atoms with E-state index in [4.69, 9.17) is 4.74 Å². The Morgan fingerprint density at radius 1 is 1.14 bits per heavy atom. The van der Waals surface area contributed by atoms with Gasteiger partial charge in [0.1, 0.15) is 12.3 Å². The van der Waals surface area contributed by atoms with E-state index < -0.39 is 6.04 Å². The molecule has 1 atom stereocenters. The molecular weight excluding hydrogens is 278 g/mol. The molecule has 112 valence electrons. The van der Waals surface area contributed by atoms with Crippen molar-refractivity contribution in [1.82, 2.24) is 9.88 Å². The van der Waals surface area contributed by atoms with Crippen LogP contribution < -0.4 is 0 Å². The van der Waals surface area contributed by atoms with Gasteiger partial charge in [0.05, 0.1) is 5.52 Å². The molecule has 1 saturated heterocycles. The van der Waals surface area contributed by atoms with Crippen molar-refractivity contribution >= 4 is 22.7 Å². The van der Waals surface area contributed by atoms with Gasteiger partial charge in [-0.2, -0.15) is 0 Å². The largest absolute Gasteiger partial charge is 0.474 e. The van der Waals surface area contributed by atoms with E-state index in [9.17, 15) is 4.79 Å². The molecule has 0 aliphatic carbocycles. The monoisotopic (exact) mass is 295 g/mol. The third kappa shape index (κ3) is 2.32. The minimum absolute atomic E-state index is 0.0771. The highest BCUT2D eigenvalue weighted by molar-refractivity contribution is 5.98. The van der Waals surface area contributed by atoms with Crippen molar-refractivity contribution in [2.24, 2.45) is 4.99 Å². The third-order valence-electron chi connectivity index (χ3n) is 4.17. The topological polar surface area (TPSA) is 54.8 Å². The number of likely N-dealkylation sites (tertiary alicyclic amines) is 1. The number of carbonyl (C=O) groups is 1. The van der Waals surface area contributed by atoms with E-state index in [1.165, 1.54) is 0 Å². The lowest BCUT2D eigenvalue weighted by atomic mass is 10.2. The van der Waals surface area contributed by atoms with Crippen LogP contribution in [0.4, 0.5) is 0 Å². The van der Waals surface area contributed by atoms with Crippen LogP contribution in [-0.2, 0) is 9.53 Å². The van der Waals surface area contributed by atoms with Crippen LogP contribution in [-0.4, -0.2) is 47.4 Å². The van der Waals surface area contributed by atoms with Gasteiger partial charge in [0.2, 0.25) is 5.90 Å². The van der Waals surface area contributed by atoms with Gasteiger partial charge >= 0.3 is 0 Å². The Morgan fingerprint density at radius 2 is 1.95 bits per heavy atom. The zero-order valence-corrected chi connectivity index (χ0v) is 12.2. The molecule has 2 aliphatic heterocycles. The molecule has 1 amide bonds. The molecule has 1 unspecified atom stereocenters. The average Bonchev–Trinajstić information content (AvgIpc) is 3.25. The summed E-state index contributed by atoms with van der Waals surface area (Å²) in [4.78, 5) is 23.3. The molecule has 5 heteroatoms. The fourth-order valence-electron chi connectivity index (χ4n) is 2.97. The number of carbonyl (C=O) groups excluding carboxylic acids is 1. The highest BCUT2D eigenvalue weighted by Gasteiger charge is 2.31. The number of fused-ring (bicyclic) bond motifs is 1. The summed E-state index contributed by atoms with van der Waals surface area (Å²) in [5, 5.41) is 1.08. The number of nitrogens with zero attached hydrogens (tertiary/aromatic N) is 3. The maximum atomic E-state index is 12.4. The van der Waals surface area contributed by atoms with Gasteiger partial charge in [-0.15, -0.1) is 0 Å². The normalized spacial score (nSPS) is 21.0. The van der Waals surface area contributed by atoms with Crippen LogP contribution in [0, 0.1) is 0 Å². The smallest absolute Gasteiger partial charge is 0.251 e. The van der Waals surface area contributed by atoms with Crippen LogP contribution in [0.15, 0.2) is 41.4 Å². The molecule has 0 spiro atoms. The second-order valence-corrected chi connectivity index (χ2v) is 5.68. The van der Waals surface area contributed by atoms with Crippen molar-refractivity contribution in [1.29, 1.82) is 0 Å². The quantitative estimate of drug-likeness (QED) is 0.851. The number of para-hydroxylation sites is 1. The predicted molar refractivity (Wildman–Crippen MR) is 83.8 cm³/mol. The number of aromatic nitrogens is 1. The zero-order chi connectivity index (χ0) is 14.9. The molecule has 1 aromatic heterocycles. The van der Waals surface area contributed by atoms with E-state index >= 15 is 0 Å². The molecule has 1 fully saturated rings. The number of aliphatic imine (C=N–C) groups is 1. The second-order valence-electron chi connectivity index (χ2n) is 5.68. The Hall–Kier alpha value is -2.43. The molecule has 2 aliphatic rings. The van der Waals surface area contributed by atoms with Gasteiger partial charge in [-0.3, -0.25) is 4.79 Å². The van der Waals surface area contributed by atoms with Crippen molar-refractivity contribution in [3.8, 4) is 0 Å². The lowest BCUT2D eigenvalue weighted by Gasteiger charge is -2.16. The highest BCUT2D eigenvalue weighted by Crippen LogP contribution is 2.18. The van der Waals surface area contributed by atoms with Crippen LogP contribution in [0.25, 0.3) is 10.9 Å². The van der Waals surface area contributed by atoms with E-state index in [0.717, 1.165) is 36.8 Å². The number of amides is 1. The van der Waals surface area contributed by atoms with E-state index in [0.29, 0.717) is 18.2 Å². The molecule has 4 rings (SSSR count).